The van der Waals surface area contributed by atoms with Gasteiger partial charge in [-0.1, -0.05) is 19.8 Å². The van der Waals surface area contributed by atoms with Gasteiger partial charge in [-0.05, 0) is 33.1 Å². The van der Waals surface area contributed by atoms with Crippen LogP contribution >= 0.6 is 0 Å². The van der Waals surface area contributed by atoms with Crippen molar-refractivity contribution >= 4 is 17.8 Å². The van der Waals surface area contributed by atoms with Crippen molar-refractivity contribution in [1.82, 2.24) is 20.9 Å². The summed E-state index contributed by atoms with van der Waals surface area (Å²) in [6.07, 6.45) is 5.26. The summed E-state index contributed by atoms with van der Waals surface area (Å²) in [5.74, 6) is 0.877. The lowest BCUT2D eigenvalue weighted by Gasteiger charge is -2.29. The largest absolute Gasteiger partial charge is 0.357 e. The van der Waals surface area contributed by atoms with Crippen molar-refractivity contribution in [2.45, 2.75) is 65.3 Å². The molecule has 150 valence electrons. The molecule has 1 aliphatic carbocycles. The molecule has 1 aliphatic rings. The number of hydrogen-bond acceptors (Lipinski definition) is 3. The van der Waals surface area contributed by atoms with E-state index in [-0.39, 0.29) is 23.3 Å². The topological polar surface area (TPSA) is 85.8 Å². The fourth-order valence-electron chi connectivity index (χ4n) is 3.28. The molecule has 0 bridgehead atoms. The van der Waals surface area contributed by atoms with Gasteiger partial charge in [0, 0.05) is 39.6 Å². The van der Waals surface area contributed by atoms with Crippen molar-refractivity contribution in [3.05, 3.63) is 0 Å². The van der Waals surface area contributed by atoms with Crippen LogP contribution < -0.4 is 16.0 Å². The summed E-state index contributed by atoms with van der Waals surface area (Å²) in [6.45, 7) is 7.79. The molecular formula is C19H37N5O2. The van der Waals surface area contributed by atoms with E-state index < -0.39 is 0 Å². The number of guanidine groups is 1. The van der Waals surface area contributed by atoms with E-state index >= 15 is 0 Å². The Labute approximate surface area is 158 Å². The Morgan fingerprint density at radius 2 is 1.81 bits per heavy atom. The molecule has 0 aliphatic heterocycles. The van der Waals surface area contributed by atoms with E-state index in [0.29, 0.717) is 25.5 Å². The molecule has 26 heavy (non-hydrogen) atoms. The molecular weight excluding hydrogens is 330 g/mol. The standard InChI is InChI=1S/C19H37N5O2/c1-6-15(3)23-16(25)10-13-21-18(20-7-2)22-14-19(11-8-9-12-19)17(26)24(4)5/h15H,6-14H2,1-5H3,(H,23,25)(H2,20,21,22). The highest BCUT2D eigenvalue weighted by molar-refractivity contribution is 5.84. The summed E-state index contributed by atoms with van der Waals surface area (Å²) < 4.78 is 0. The second-order valence-electron chi connectivity index (χ2n) is 7.44. The Morgan fingerprint density at radius 3 is 2.35 bits per heavy atom. The molecule has 7 heteroatoms. The van der Waals surface area contributed by atoms with E-state index in [4.69, 9.17) is 0 Å². The summed E-state index contributed by atoms with van der Waals surface area (Å²) in [7, 11) is 3.62. The van der Waals surface area contributed by atoms with Crippen LogP contribution in [0.15, 0.2) is 4.99 Å². The van der Waals surface area contributed by atoms with Gasteiger partial charge in [-0.15, -0.1) is 0 Å². The molecule has 2 amide bonds. The van der Waals surface area contributed by atoms with Crippen molar-refractivity contribution < 1.29 is 9.59 Å². The molecule has 0 aromatic heterocycles. The first kappa shape index (κ1) is 22.3. The SMILES string of the molecule is CCNC(=NCC1(C(=O)N(C)C)CCCC1)NCCC(=O)NC(C)CC. The fraction of sp³-hybridized carbons (Fsp3) is 0.842. The Bertz CT molecular complexity index is 484. The van der Waals surface area contributed by atoms with Crippen molar-refractivity contribution in [2.24, 2.45) is 10.4 Å². The summed E-state index contributed by atoms with van der Waals surface area (Å²) in [5.41, 5.74) is -0.375. The molecule has 0 aromatic carbocycles. The number of nitrogens with zero attached hydrogens (tertiary/aromatic N) is 2. The van der Waals surface area contributed by atoms with Crippen LogP contribution in [0, 0.1) is 5.41 Å². The van der Waals surface area contributed by atoms with Crippen LogP contribution in [0.4, 0.5) is 0 Å². The van der Waals surface area contributed by atoms with Gasteiger partial charge in [-0.3, -0.25) is 14.6 Å². The van der Waals surface area contributed by atoms with Crippen LogP contribution in [0.3, 0.4) is 0 Å². The van der Waals surface area contributed by atoms with Crippen molar-refractivity contribution in [3.63, 3.8) is 0 Å². The minimum Gasteiger partial charge on any atom is -0.357 e. The average Bonchev–Trinajstić information content (AvgIpc) is 3.08. The maximum absolute atomic E-state index is 12.6. The summed E-state index contributed by atoms with van der Waals surface area (Å²) in [4.78, 5) is 30.8. The Hall–Kier alpha value is -1.79. The summed E-state index contributed by atoms with van der Waals surface area (Å²) >= 11 is 0. The second kappa shape index (κ2) is 11.0. The van der Waals surface area contributed by atoms with E-state index in [1.165, 1.54) is 0 Å². The quantitative estimate of drug-likeness (QED) is 0.426. The molecule has 0 spiro atoms. The van der Waals surface area contributed by atoms with Crippen molar-refractivity contribution in [1.29, 1.82) is 0 Å². The predicted octanol–water partition coefficient (Wildman–Crippen LogP) is 1.49. The molecule has 0 radical (unpaired) electrons. The van der Waals surface area contributed by atoms with Gasteiger partial charge in [-0.25, -0.2) is 0 Å². The van der Waals surface area contributed by atoms with E-state index in [0.717, 1.165) is 38.6 Å². The van der Waals surface area contributed by atoms with E-state index in [1.807, 2.05) is 34.9 Å². The molecule has 1 fully saturated rings. The third-order valence-electron chi connectivity index (χ3n) is 4.97. The third-order valence-corrected chi connectivity index (χ3v) is 4.97. The van der Waals surface area contributed by atoms with Gasteiger partial charge in [0.15, 0.2) is 5.96 Å². The Kier molecular flexibility index (Phi) is 9.44. The Morgan fingerprint density at radius 1 is 1.15 bits per heavy atom. The molecule has 1 saturated carbocycles. The third kappa shape index (κ3) is 6.84. The van der Waals surface area contributed by atoms with Gasteiger partial charge in [-0.2, -0.15) is 0 Å². The van der Waals surface area contributed by atoms with Gasteiger partial charge >= 0.3 is 0 Å². The van der Waals surface area contributed by atoms with E-state index in [2.05, 4.69) is 20.9 Å². The minimum absolute atomic E-state index is 0.0396. The predicted molar refractivity (Wildman–Crippen MR) is 106 cm³/mol. The summed E-state index contributed by atoms with van der Waals surface area (Å²) in [5, 5.41) is 9.36. The Balaban J connectivity index is 2.61. The van der Waals surface area contributed by atoms with Gasteiger partial charge in [0.2, 0.25) is 11.8 Å². The maximum Gasteiger partial charge on any atom is 0.230 e. The van der Waals surface area contributed by atoms with Crippen LogP contribution in [0.5, 0.6) is 0 Å². The number of nitrogens with one attached hydrogen (secondary N) is 3. The zero-order valence-electron chi connectivity index (χ0n) is 17.2. The second-order valence-corrected chi connectivity index (χ2v) is 7.44. The van der Waals surface area contributed by atoms with Crippen molar-refractivity contribution in [3.8, 4) is 0 Å². The number of hydrogen-bond donors (Lipinski definition) is 3. The van der Waals surface area contributed by atoms with Crippen LogP contribution in [0.1, 0.15) is 59.3 Å². The first-order valence-corrected chi connectivity index (χ1v) is 9.88. The maximum atomic E-state index is 12.6. The van der Waals surface area contributed by atoms with Crippen molar-refractivity contribution in [2.75, 3.05) is 33.7 Å². The number of carbonyl (C=O) groups is 2. The van der Waals surface area contributed by atoms with E-state index in [1.54, 1.807) is 4.90 Å². The zero-order valence-corrected chi connectivity index (χ0v) is 17.2. The molecule has 0 aromatic rings. The average molecular weight is 368 g/mol. The molecule has 1 rings (SSSR count). The lowest BCUT2D eigenvalue weighted by molar-refractivity contribution is -0.138. The number of rotatable bonds is 9. The van der Waals surface area contributed by atoms with Crippen LogP contribution in [-0.2, 0) is 9.59 Å². The monoisotopic (exact) mass is 367 g/mol. The normalized spacial score (nSPS) is 17.5. The highest BCUT2D eigenvalue weighted by atomic mass is 16.2. The first-order chi connectivity index (χ1) is 12.3. The van der Waals surface area contributed by atoms with Crippen LogP contribution in [0.2, 0.25) is 0 Å². The molecule has 3 N–H and O–H groups in total. The molecule has 7 nitrogen and oxygen atoms in total. The lowest BCUT2D eigenvalue weighted by atomic mass is 9.85. The number of amides is 2. The van der Waals surface area contributed by atoms with Crippen LogP contribution in [-0.4, -0.2) is 62.4 Å². The van der Waals surface area contributed by atoms with Gasteiger partial charge in [0.1, 0.15) is 0 Å². The van der Waals surface area contributed by atoms with Gasteiger partial charge in [0.25, 0.3) is 0 Å². The van der Waals surface area contributed by atoms with E-state index in [9.17, 15) is 9.59 Å². The fourth-order valence-corrected chi connectivity index (χ4v) is 3.28. The number of aliphatic imine (C=N–C) groups is 1. The molecule has 0 heterocycles. The highest BCUT2D eigenvalue weighted by Crippen LogP contribution is 2.39. The molecule has 1 atom stereocenters. The van der Waals surface area contributed by atoms with Gasteiger partial charge in [0.05, 0.1) is 12.0 Å². The summed E-state index contributed by atoms with van der Waals surface area (Å²) in [6, 6.07) is 0.198. The lowest BCUT2D eigenvalue weighted by Crippen LogP contribution is -2.43. The smallest absolute Gasteiger partial charge is 0.230 e. The zero-order chi connectivity index (χ0) is 19.6. The molecule has 0 saturated heterocycles. The number of carbonyl (C=O) groups excluding carboxylic acids is 2. The van der Waals surface area contributed by atoms with Crippen LogP contribution in [0.25, 0.3) is 0 Å². The van der Waals surface area contributed by atoms with Gasteiger partial charge < -0.3 is 20.9 Å². The first-order valence-electron chi connectivity index (χ1n) is 9.88. The minimum atomic E-state index is -0.375. The molecule has 1 unspecified atom stereocenters. The highest BCUT2D eigenvalue weighted by Gasteiger charge is 2.42.